The van der Waals surface area contributed by atoms with E-state index in [4.69, 9.17) is 33.2 Å². The SMILES string of the molecule is CC1OC(COC2OC(CO)C(O)C(OC3CN(CCc4cnc[nH]4)CC(CO)O3)C2O)C(O)C(OC2OC(CO)C(O)C(O)C2O)C1O. The Hall–Kier alpha value is -1.51. The van der Waals surface area contributed by atoms with Gasteiger partial charge in [0.25, 0.3) is 0 Å². The van der Waals surface area contributed by atoms with Gasteiger partial charge in [-0.3, -0.25) is 4.90 Å². The van der Waals surface area contributed by atoms with E-state index < -0.39 is 124 Å². The Morgan fingerprint density at radius 2 is 1.41 bits per heavy atom. The molecule has 282 valence electrons. The fourth-order valence-corrected chi connectivity index (χ4v) is 6.40. The van der Waals surface area contributed by atoms with Crippen LogP contribution in [-0.4, -0.2) is 216 Å². The normalized spacial score (nSPS) is 45.4. The highest BCUT2D eigenvalue weighted by Crippen LogP contribution is 2.31. The van der Waals surface area contributed by atoms with Crippen LogP contribution in [0.25, 0.3) is 0 Å². The number of nitrogens with zero attached hydrogens (tertiary/aromatic N) is 2. The molecule has 5 rings (SSSR count). The Morgan fingerprint density at radius 1 is 0.735 bits per heavy atom. The smallest absolute Gasteiger partial charge is 0.187 e. The van der Waals surface area contributed by atoms with Gasteiger partial charge in [-0.2, -0.15) is 0 Å². The van der Waals surface area contributed by atoms with E-state index in [0.29, 0.717) is 19.5 Å². The zero-order valence-corrected chi connectivity index (χ0v) is 26.9. The summed E-state index contributed by atoms with van der Waals surface area (Å²) < 4.78 is 40.0. The summed E-state index contributed by atoms with van der Waals surface area (Å²) in [5.41, 5.74) is 0.910. The van der Waals surface area contributed by atoms with Crippen molar-refractivity contribution >= 4 is 0 Å². The molecule has 20 heteroatoms. The van der Waals surface area contributed by atoms with E-state index in [1.165, 1.54) is 6.92 Å². The molecular formula is C29H49N3O17. The Balaban J connectivity index is 1.21. The standard InChI is InChI=1S/C29H49N3O17/c1-12-19(36)26(49-29-24(41)23(40)20(37)15(8-34)47-29)22(39)17(44-12)10-43-28-25(42)27(21(38)16(9-35)46-28)48-18-6-32(5-14(7-33)45-18)3-2-13-4-30-11-31-13/h4,11-12,14-29,33-42H,2-3,5-10H2,1H3,(H,30,31). The number of rotatable bonds is 13. The van der Waals surface area contributed by atoms with Crippen LogP contribution in [0.15, 0.2) is 12.5 Å². The summed E-state index contributed by atoms with van der Waals surface area (Å²) in [6.07, 6.45) is -19.9. The van der Waals surface area contributed by atoms with Gasteiger partial charge < -0.3 is 89.2 Å². The third-order valence-corrected chi connectivity index (χ3v) is 9.29. The second-order valence-corrected chi connectivity index (χ2v) is 12.8. The summed E-state index contributed by atoms with van der Waals surface area (Å²) in [6, 6.07) is 0. The number of aromatic nitrogens is 2. The number of morpholine rings is 1. The first-order valence-corrected chi connectivity index (χ1v) is 16.3. The molecule has 17 unspecified atom stereocenters. The van der Waals surface area contributed by atoms with Gasteiger partial charge in [0.1, 0.15) is 73.2 Å². The van der Waals surface area contributed by atoms with Crippen molar-refractivity contribution in [2.75, 3.05) is 46.1 Å². The van der Waals surface area contributed by atoms with Crippen LogP contribution in [0.5, 0.6) is 0 Å². The molecule has 0 amide bonds. The largest absolute Gasteiger partial charge is 0.394 e. The van der Waals surface area contributed by atoms with Gasteiger partial charge in [0.15, 0.2) is 18.9 Å². The van der Waals surface area contributed by atoms with Crippen LogP contribution in [0.3, 0.4) is 0 Å². The summed E-state index contributed by atoms with van der Waals surface area (Å²) in [5.74, 6) is 0. The zero-order chi connectivity index (χ0) is 35.4. The molecule has 4 aliphatic heterocycles. The van der Waals surface area contributed by atoms with Crippen LogP contribution in [0, 0.1) is 0 Å². The molecule has 0 bridgehead atoms. The molecule has 20 nitrogen and oxygen atoms in total. The Bertz CT molecular complexity index is 1120. The molecule has 0 saturated carbocycles. The maximum Gasteiger partial charge on any atom is 0.187 e. The van der Waals surface area contributed by atoms with E-state index in [1.54, 1.807) is 12.5 Å². The third-order valence-electron chi connectivity index (χ3n) is 9.29. The minimum absolute atomic E-state index is 0.231. The predicted molar refractivity (Wildman–Crippen MR) is 158 cm³/mol. The number of aliphatic hydroxyl groups excluding tert-OH is 10. The first-order valence-electron chi connectivity index (χ1n) is 16.3. The fourth-order valence-electron chi connectivity index (χ4n) is 6.40. The maximum absolute atomic E-state index is 11.2. The molecule has 0 spiro atoms. The van der Waals surface area contributed by atoms with E-state index in [2.05, 4.69) is 9.97 Å². The van der Waals surface area contributed by atoms with Crippen molar-refractivity contribution < 1.29 is 84.2 Å². The van der Waals surface area contributed by atoms with Crippen molar-refractivity contribution in [2.45, 2.75) is 118 Å². The summed E-state index contributed by atoms with van der Waals surface area (Å²) in [6.45, 7) is 0.531. The van der Waals surface area contributed by atoms with Gasteiger partial charge in [-0.25, -0.2) is 4.98 Å². The lowest BCUT2D eigenvalue weighted by Gasteiger charge is -2.47. The Morgan fingerprint density at radius 3 is 2.08 bits per heavy atom. The minimum Gasteiger partial charge on any atom is -0.394 e. The molecule has 1 aromatic rings. The number of imidazole rings is 1. The van der Waals surface area contributed by atoms with Crippen LogP contribution in [0.1, 0.15) is 12.6 Å². The molecule has 4 aliphatic rings. The molecule has 11 N–H and O–H groups in total. The number of nitrogens with one attached hydrogen (secondary N) is 1. The lowest BCUT2D eigenvalue weighted by Crippen LogP contribution is -2.65. The number of ether oxygens (including phenoxy) is 7. The second kappa shape index (κ2) is 17.3. The van der Waals surface area contributed by atoms with Crippen molar-refractivity contribution in [3.63, 3.8) is 0 Å². The van der Waals surface area contributed by atoms with Crippen molar-refractivity contribution in [3.05, 3.63) is 18.2 Å². The molecule has 4 fully saturated rings. The highest BCUT2D eigenvalue weighted by atomic mass is 16.7. The zero-order valence-electron chi connectivity index (χ0n) is 26.9. The summed E-state index contributed by atoms with van der Waals surface area (Å²) in [7, 11) is 0. The highest BCUT2D eigenvalue weighted by Gasteiger charge is 2.51. The molecular weight excluding hydrogens is 662 g/mol. The Labute approximate surface area is 281 Å². The highest BCUT2D eigenvalue weighted by molar-refractivity contribution is 4.97. The molecule has 0 aromatic carbocycles. The van der Waals surface area contributed by atoms with Crippen LogP contribution in [0.4, 0.5) is 0 Å². The van der Waals surface area contributed by atoms with Crippen molar-refractivity contribution in [2.24, 2.45) is 0 Å². The van der Waals surface area contributed by atoms with Crippen molar-refractivity contribution in [1.29, 1.82) is 0 Å². The predicted octanol–water partition coefficient (Wildman–Crippen LogP) is -6.49. The maximum atomic E-state index is 11.2. The molecule has 0 aliphatic carbocycles. The van der Waals surface area contributed by atoms with E-state index in [-0.39, 0.29) is 13.2 Å². The second-order valence-electron chi connectivity index (χ2n) is 12.8. The van der Waals surface area contributed by atoms with Crippen LogP contribution >= 0.6 is 0 Å². The van der Waals surface area contributed by atoms with E-state index in [9.17, 15) is 51.1 Å². The number of hydrogen-bond donors (Lipinski definition) is 11. The first kappa shape index (κ1) is 38.7. The van der Waals surface area contributed by atoms with Gasteiger partial charge in [-0.1, -0.05) is 0 Å². The lowest BCUT2D eigenvalue weighted by molar-refractivity contribution is -0.352. The number of H-pyrrole nitrogens is 1. The van der Waals surface area contributed by atoms with Gasteiger partial charge in [-0.05, 0) is 6.92 Å². The minimum atomic E-state index is -1.79. The van der Waals surface area contributed by atoms with Gasteiger partial charge in [0, 0.05) is 37.9 Å². The van der Waals surface area contributed by atoms with E-state index in [0.717, 1.165) is 5.69 Å². The van der Waals surface area contributed by atoms with Crippen LogP contribution < -0.4 is 0 Å². The Kier molecular flexibility index (Phi) is 13.7. The van der Waals surface area contributed by atoms with E-state index >= 15 is 0 Å². The van der Waals surface area contributed by atoms with Crippen molar-refractivity contribution in [1.82, 2.24) is 14.9 Å². The van der Waals surface area contributed by atoms with Gasteiger partial charge >= 0.3 is 0 Å². The summed E-state index contributed by atoms with van der Waals surface area (Å²) in [4.78, 5) is 9.02. The molecule has 1 aromatic heterocycles. The fraction of sp³-hybridized carbons (Fsp3) is 0.897. The number of aromatic amines is 1. The molecule has 49 heavy (non-hydrogen) atoms. The molecule has 5 heterocycles. The molecule has 17 atom stereocenters. The number of aliphatic hydroxyl groups is 10. The van der Waals surface area contributed by atoms with Gasteiger partial charge in [-0.15, -0.1) is 0 Å². The topological polar surface area (TPSA) is 299 Å². The summed E-state index contributed by atoms with van der Waals surface area (Å²) in [5, 5.41) is 104. The monoisotopic (exact) mass is 711 g/mol. The molecule has 4 saturated heterocycles. The van der Waals surface area contributed by atoms with Gasteiger partial charge in [0.05, 0.1) is 45.0 Å². The first-order chi connectivity index (χ1) is 23.4. The molecule has 0 radical (unpaired) electrons. The average Bonchev–Trinajstić information content (AvgIpc) is 3.63. The third kappa shape index (κ3) is 8.93. The van der Waals surface area contributed by atoms with Crippen LogP contribution in [-0.2, 0) is 39.6 Å². The van der Waals surface area contributed by atoms with Crippen LogP contribution in [0.2, 0.25) is 0 Å². The lowest BCUT2D eigenvalue weighted by atomic mass is 9.94. The quantitative estimate of drug-likeness (QED) is 0.0906. The number of hydrogen-bond acceptors (Lipinski definition) is 19. The summed E-state index contributed by atoms with van der Waals surface area (Å²) >= 11 is 0. The average molecular weight is 712 g/mol. The van der Waals surface area contributed by atoms with E-state index in [1.807, 2.05) is 4.90 Å². The van der Waals surface area contributed by atoms with Gasteiger partial charge in [0.2, 0.25) is 0 Å². The van der Waals surface area contributed by atoms with Crippen molar-refractivity contribution in [3.8, 4) is 0 Å².